The van der Waals surface area contributed by atoms with Crippen LogP contribution >= 0.6 is 47.8 Å². The van der Waals surface area contributed by atoms with Crippen molar-refractivity contribution in [2.24, 2.45) is 0 Å². The highest BCUT2D eigenvalue weighted by Gasteiger charge is 2.36. The van der Waals surface area contributed by atoms with Crippen LogP contribution in [0.2, 0.25) is 0 Å². The molecule has 0 aromatic rings. The van der Waals surface area contributed by atoms with E-state index in [1.807, 2.05) is 6.92 Å². The first-order valence-corrected chi connectivity index (χ1v) is 4.42. The smallest absolute Gasteiger partial charge is 0.141 e. The van der Waals surface area contributed by atoms with Crippen LogP contribution in [-0.2, 0) is 0 Å². The van der Waals surface area contributed by atoms with Crippen molar-refractivity contribution in [3.8, 4) is 0 Å². The minimum absolute atomic E-state index is 0.465. The number of halogens is 3. The Kier molecular flexibility index (Phi) is 3.01. The van der Waals surface area contributed by atoms with Crippen molar-refractivity contribution in [1.29, 1.82) is 0 Å². The van der Waals surface area contributed by atoms with Crippen molar-refractivity contribution in [1.82, 2.24) is 0 Å². The molecular weight excluding hydrogens is 304 g/mol. The summed E-state index contributed by atoms with van der Waals surface area (Å²) < 4.78 is -1.38. The standard InChI is InChI=1S/C4H7Br3O/c1-3(5,6)4(2,7)8/h8H,1-2H3. The second-order valence-corrected chi connectivity index (χ2v) is 7.62. The van der Waals surface area contributed by atoms with Crippen LogP contribution < -0.4 is 0 Å². The molecular formula is C4H7Br3O. The molecule has 1 atom stereocenters. The molecule has 0 fully saturated rings. The summed E-state index contributed by atoms with van der Waals surface area (Å²) in [6, 6.07) is 0. The molecule has 0 saturated carbocycles. The number of hydrogen-bond acceptors (Lipinski definition) is 1. The van der Waals surface area contributed by atoms with Gasteiger partial charge in [-0.1, -0.05) is 47.8 Å². The van der Waals surface area contributed by atoms with Crippen molar-refractivity contribution >= 4 is 47.8 Å². The Hall–Kier alpha value is 1.40. The number of alkyl halides is 3. The first-order chi connectivity index (χ1) is 3.25. The quantitative estimate of drug-likeness (QED) is 0.738. The van der Waals surface area contributed by atoms with Gasteiger partial charge >= 0.3 is 0 Å². The normalized spacial score (nSPS) is 20.2. The van der Waals surface area contributed by atoms with E-state index in [1.165, 1.54) is 0 Å². The zero-order chi connectivity index (χ0) is 7.00. The van der Waals surface area contributed by atoms with Crippen LogP contribution in [0, 0.1) is 0 Å². The van der Waals surface area contributed by atoms with E-state index in [0.29, 0.717) is 0 Å². The van der Waals surface area contributed by atoms with E-state index < -0.39 is 7.74 Å². The molecule has 0 aromatic heterocycles. The lowest BCUT2D eigenvalue weighted by atomic mass is 10.3. The van der Waals surface area contributed by atoms with Gasteiger partial charge in [0, 0.05) is 0 Å². The average molecular weight is 311 g/mol. The van der Waals surface area contributed by atoms with Crippen LogP contribution in [0.1, 0.15) is 13.8 Å². The van der Waals surface area contributed by atoms with Gasteiger partial charge in [-0.25, -0.2) is 0 Å². The summed E-state index contributed by atoms with van der Waals surface area (Å²) in [5.74, 6) is 0. The van der Waals surface area contributed by atoms with E-state index in [4.69, 9.17) is 0 Å². The summed E-state index contributed by atoms with van der Waals surface area (Å²) in [4.78, 5) is 0. The predicted molar refractivity (Wildman–Crippen MR) is 45.8 cm³/mol. The van der Waals surface area contributed by atoms with E-state index in [0.717, 1.165) is 0 Å². The van der Waals surface area contributed by atoms with Crippen molar-refractivity contribution in [3.63, 3.8) is 0 Å². The third-order valence-corrected chi connectivity index (χ3v) is 4.20. The van der Waals surface area contributed by atoms with Crippen LogP contribution in [0.25, 0.3) is 0 Å². The summed E-state index contributed by atoms with van der Waals surface area (Å²) in [5.41, 5.74) is 0. The Labute approximate surface area is 74.2 Å². The molecule has 0 saturated heterocycles. The van der Waals surface area contributed by atoms with Crippen LogP contribution in [0.3, 0.4) is 0 Å². The summed E-state index contributed by atoms with van der Waals surface area (Å²) in [6.07, 6.45) is 0. The minimum Gasteiger partial charge on any atom is -0.377 e. The first-order valence-electron chi connectivity index (χ1n) is 2.04. The van der Waals surface area contributed by atoms with E-state index in [9.17, 15) is 5.11 Å². The molecule has 0 aliphatic heterocycles. The summed E-state index contributed by atoms with van der Waals surface area (Å²) in [7, 11) is 0. The molecule has 8 heavy (non-hydrogen) atoms. The summed E-state index contributed by atoms with van der Waals surface area (Å²) in [5, 5.41) is 9.18. The maximum atomic E-state index is 9.18. The molecule has 0 spiro atoms. The van der Waals surface area contributed by atoms with E-state index in [1.54, 1.807) is 6.92 Å². The van der Waals surface area contributed by atoms with E-state index >= 15 is 0 Å². The third-order valence-electron chi connectivity index (χ3n) is 0.801. The second-order valence-electron chi connectivity index (χ2n) is 1.84. The lowest BCUT2D eigenvalue weighted by molar-refractivity contribution is 0.161. The molecule has 1 unspecified atom stereocenters. The zero-order valence-electron chi connectivity index (χ0n) is 4.58. The molecule has 0 radical (unpaired) electrons. The van der Waals surface area contributed by atoms with Crippen LogP contribution in [-0.4, -0.2) is 12.9 Å². The molecule has 0 bridgehead atoms. The largest absolute Gasteiger partial charge is 0.377 e. The Balaban J connectivity index is 4.02. The van der Waals surface area contributed by atoms with Gasteiger partial charge in [-0.05, 0) is 13.8 Å². The zero-order valence-corrected chi connectivity index (χ0v) is 9.34. The lowest BCUT2D eigenvalue weighted by Gasteiger charge is -2.26. The fraction of sp³-hybridized carbons (Fsp3) is 1.00. The average Bonchev–Trinajstić information content (AvgIpc) is 1.25. The Morgan fingerprint density at radius 1 is 1.12 bits per heavy atom. The van der Waals surface area contributed by atoms with Gasteiger partial charge in [0.2, 0.25) is 0 Å². The number of hydrogen-bond donors (Lipinski definition) is 1. The molecule has 4 heteroatoms. The van der Waals surface area contributed by atoms with Crippen molar-refractivity contribution in [3.05, 3.63) is 0 Å². The van der Waals surface area contributed by atoms with Gasteiger partial charge < -0.3 is 5.11 Å². The van der Waals surface area contributed by atoms with Crippen molar-refractivity contribution in [2.45, 2.75) is 21.6 Å². The molecule has 0 amide bonds. The van der Waals surface area contributed by atoms with Gasteiger partial charge in [-0.15, -0.1) is 0 Å². The number of aliphatic hydroxyl groups is 1. The van der Waals surface area contributed by atoms with Crippen LogP contribution in [0.5, 0.6) is 0 Å². The molecule has 50 valence electrons. The van der Waals surface area contributed by atoms with Crippen molar-refractivity contribution < 1.29 is 5.11 Å². The predicted octanol–water partition coefficient (Wildman–Crippen LogP) is 2.60. The molecule has 1 N–H and O–H groups in total. The summed E-state index contributed by atoms with van der Waals surface area (Å²) in [6.45, 7) is 3.46. The lowest BCUT2D eigenvalue weighted by Crippen LogP contribution is -2.33. The Morgan fingerprint density at radius 3 is 1.25 bits per heavy atom. The molecule has 0 aromatic carbocycles. The highest BCUT2D eigenvalue weighted by atomic mass is 79.9. The van der Waals surface area contributed by atoms with E-state index in [-0.39, 0.29) is 0 Å². The Bertz CT molecular complexity index is 66.3. The highest BCUT2D eigenvalue weighted by molar-refractivity contribution is 9.26. The SMILES string of the molecule is CC(O)(Br)C(C)(Br)Br. The van der Waals surface area contributed by atoms with Gasteiger partial charge in [0.1, 0.15) is 7.74 Å². The number of rotatable bonds is 1. The molecule has 0 aliphatic carbocycles. The first kappa shape index (κ1) is 9.40. The van der Waals surface area contributed by atoms with Gasteiger partial charge in [-0.3, -0.25) is 0 Å². The topological polar surface area (TPSA) is 20.2 Å². The third kappa shape index (κ3) is 2.80. The summed E-state index contributed by atoms with van der Waals surface area (Å²) >= 11 is 9.50. The van der Waals surface area contributed by atoms with Gasteiger partial charge in [0.05, 0.1) is 0 Å². The highest BCUT2D eigenvalue weighted by Crippen LogP contribution is 2.40. The molecule has 0 heterocycles. The van der Waals surface area contributed by atoms with Gasteiger partial charge in [-0.2, -0.15) is 0 Å². The fourth-order valence-electron chi connectivity index (χ4n) is 0. The second kappa shape index (κ2) is 2.56. The van der Waals surface area contributed by atoms with Gasteiger partial charge in [0.15, 0.2) is 0 Å². The van der Waals surface area contributed by atoms with Crippen molar-refractivity contribution in [2.75, 3.05) is 0 Å². The van der Waals surface area contributed by atoms with Crippen LogP contribution in [0.15, 0.2) is 0 Å². The Morgan fingerprint density at radius 2 is 1.25 bits per heavy atom. The monoisotopic (exact) mass is 308 g/mol. The molecule has 0 rings (SSSR count). The van der Waals surface area contributed by atoms with Gasteiger partial charge in [0.25, 0.3) is 0 Å². The minimum atomic E-state index is -0.917. The fourth-order valence-corrected chi connectivity index (χ4v) is 0. The maximum absolute atomic E-state index is 9.18. The molecule has 0 aliphatic rings. The van der Waals surface area contributed by atoms with E-state index in [2.05, 4.69) is 47.8 Å². The maximum Gasteiger partial charge on any atom is 0.141 e. The molecule has 1 nitrogen and oxygen atoms in total. The van der Waals surface area contributed by atoms with Crippen LogP contribution in [0.4, 0.5) is 0 Å².